The molecular weight excluding hydrogens is 244 g/mol. The van der Waals surface area contributed by atoms with E-state index in [1.807, 2.05) is 0 Å². The van der Waals surface area contributed by atoms with Crippen LogP contribution in [0.25, 0.3) is 11.6 Å². The number of allylic oxidation sites excluding steroid dienone is 1. The van der Waals surface area contributed by atoms with Crippen LogP contribution in [0, 0.1) is 6.92 Å². The molecule has 0 aliphatic carbocycles. The Morgan fingerprint density at radius 2 is 2.00 bits per heavy atom. The predicted molar refractivity (Wildman–Crippen MR) is 84.6 cm³/mol. The fraction of sp³-hybridized carbons (Fsp3) is 0.278. The van der Waals surface area contributed by atoms with Crippen LogP contribution in [0.3, 0.4) is 0 Å². The maximum atomic E-state index is 2.34. The van der Waals surface area contributed by atoms with Gasteiger partial charge in [-0.2, -0.15) is 4.57 Å². The Morgan fingerprint density at radius 3 is 2.75 bits per heavy atom. The second-order valence-corrected chi connectivity index (χ2v) is 5.63. The average Bonchev–Trinajstić information content (AvgIpc) is 2.84. The topological polar surface area (TPSA) is 7.12 Å². The second kappa shape index (κ2) is 5.12. The Kier molecular flexibility index (Phi) is 3.31. The number of aryl methyl sites for hydroxylation is 2. The third-order valence-electron chi connectivity index (χ3n) is 3.99. The van der Waals surface area contributed by atoms with E-state index in [0.29, 0.717) is 0 Å². The molecule has 20 heavy (non-hydrogen) atoms. The molecule has 0 N–H and O–H groups in total. The van der Waals surface area contributed by atoms with Crippen LogP contribution in [-0.4, -0.2) is 14.1 Å². The van der Waals surface area contributed by atoms with Crippen LogP contribution >= 0.6 is 0 Å². The van der Waals surface area contributed by atoms with Crippen molar-refractivity contribution in [3.8, 4) is 0 Å². The average molecular weight is 265 g/mol. The summed E-state index contributed by atoms with van der Waals surface area (Å²) in [6, 6.07) is 13.1. The summed E-state index contributed by atoms with van der Waals surface area (Å²) in [5, 5.41) is 0. The van der Waals surface area contributed by atoms with Gasteiger partial charge < -0.3 is 4.90 Å². The number of pyridine rings is 1. The summed E-state index contributed by atoms with van der Waals surface area (Å²) in [6.45, 7) is 3.28. The fourth-order valence-electron chi connectivity index (χ4n) is 2.77. The summed E-state index contributed by atoms with van der Waals surface area (Å²) in [6.07, 6.45) is 5.63. The summed E-state index contributed by atoms with van der Waals surface area (Å²) in [5.41, 5.74) is 6.70. The number of benzene rings is 1. The first kappa shape index (κ1) is 12.9. The van der Waals surface area contributed by atoms with Gasteiger partial charge in [-0.25, -0.2) is 0 Å². The number of anilines is 1. The highest BCUT2D eigenvalue weighted by Gasteiger charge is 2.22. The van der Waals surface area contributed by atoms with Crippen molar-refractivity contribution in [2.24, 2.45) is 0 Å². The quantitative estimate of drug-likeness (QED) is 0.756. The van der Waals surface area contributed by atoms with Crippen LogP contribution in [0.1, 0.15) is 23.2 Å². The summed E-state index contributed by atoms with van der Waals surface area (Å²) in [7, 11) is 4.16. The van der Waals surface area contributed by atoms with E-state index in [1.54, 1.807) is 0 Å². The Balaban J connectivity index is 1.98. The minimum atomic E-state index is 1.09. The van der Waals surface area contributed by atoms with Gasteiger partial charge in [0.2, 0.25) is 5.69 Å². The molecular formula is C18H21N2+. The van der Waals surface area contributed by atoms with E-state index in [0.717, 1.165) is 13.0 Å². The Labute approximate surface area is 121 Å². The first-order valence-corrected chi connectivity index (χ1v) is 7.12. The minimum absolute atomic E-state index is 1.09. The van der Waals surface area contributed by atoms with Crippen molar-refractivity contribution in [2.45, 2.75) is 19.9 Å². The molecule has 2 heteroatoms. The number of hydrogen-bond acceptors (Lipinski definition) is 1. The van der Waals surface area contributed by atoms with Crippen molar-refractivity contribution >= 4 is 17.3 Å². The van der Waals surface area contributed by atoms with Gasteiger partial charge in [-0.3, -0.25) is 0 Å². The van der Waals surface area contributed by atoms with Crippen molar-refractivity contribution in [1.82, 2.24) is 0 Å². The molecule has 0 atom stereocenters. The van der Waals surface area contributed by atoms with E-state index in [-0.39, 0.29) is 0 Å². The fourth-order valence-corrected chi connectivity index (χ4v) is 2.77. The van der Waals surface area contributed by atoms with Crippen molar-refractivity contribution in [1.29, 1.82) is 0 Å². The molecule has 1 aliphatic rings. The smallest absolute Gasteiger partial charge is 0.208 e. The Hall–Kier alpha value is -2.09. The molecule has 102 valence electrons. The van der Waals surface area contributed by atoms with Gasteiger partial charge in [0.1, 0.15) is 0 Å². The molecule has 1 aromatic heterocycles. The van der Waals surface area contributed by atoms with E-state index >= 15 is 0 Å². The second-order valence-electron chi connectivity index (χ2n) is 5.63. The molecule has 1 aliphatic heterocycles. The maximum absolute atomic E-state index is 2.34. The molecule has 0 fully saturated rings. The molecule has 3 rings (SSSR count). The van der Waals surface area contributed by atoms with Crippen molar-refractivity contribution in [3.05, 3.63) is 59.4 Å². The van der Waals surface area contributed by atoms with Crippen LogP contribution in [0.2, 0.25) is 0 Å². The van der Waals surface area contributed by atoms with Gasteiger partial charge in [-0.15, -0.1) is 0 Å². The Morgan fingerprint density at radius 1 is 1.15 bits per heavy atom. The number of hydrogen-bond donors (Lipinski definition) is 0. The zero-order valence-electron chi connectivity index (χ0n) is 12.4. The number of rotatable bonds is 2. The van der Waals surface area contributed by atoms with Crippen molar-refractivity contribution in [3.63, 3.8) is 0 Å². The monoisotopic (exact) mass is 265 g/mol. The molecule has 0 unspecified atom stereocenters. The van der Waals surface area contributed by atoms with E-state index in [9.17, 15) is 0 Å². The number of nitrogens with zero attached hydrogens (tertiary/aromatic N) is 2. The Bertz CT molecular complexity index is 669. The normalized spacial score (nSPS) is 15.4. The standard InChI is InChI=1S/C18H21N2/c1-14-12-17(19(2)3)8-7-15(14)13-16-9-11-20-10-5-4-6-18(16)20/h4-8,10,12-13H,9,11H2,1-3H3/q+1. The summed E-state index contributed by atoms with van der Waals surface area (Å²) >= 11 is 0. The minimum Gasteiger partial charge on any atom is -0.378 e. The molecule has 0 radical (unpaired) electrons. The van der Waals surface area contributed by atoms with E-state index < -0.39 is 0 Å². The van der Waals surface area contributed by atoms with Crippen LogP contribution < -0.4 is 9.47 Å². The van der Waals surface area contributed by atoms with Gasteiger partial charge in [-0.05, 0) is 42.3 Å². The molecule has 0 bridgehead atoms. The molecule has 1 aromatic carbocycles. The molecule has 0 spiro atoms. The van der Waals surface area contributed by atoms with Crippen LogP contribution in [0.4, 0.5) is 5.69 Å². The van der Waals surface area contributed by atoms with E-state index in [2.05, 4.69) is 79.2 Å². The maximum Gasteiger partial charge on any atom is 0.208 e. The van der Waals surface area contributed by atoms with Gasteiger partial charge in [0.05, 0.1) is 0 Å². The van der Waals surface area contributed by atoms with Crippen LogP contribution in [-0.2, 0) is 6.54 Å². The third kappa shape index (κ3) is 2.34. The first-order chi connectivity index (χ1) is 9.65. The number of fused-ring (bicyclic) bond motifs is 1. The molecule has 2 aromatic rings. The highest BCUT2D eigenvalue weighted by molar-refractivity contribution is 5.81. The number of aromatic nitrogens is 1. The highest BCUT2D eigenvalue weighted by Crippen LogP contribution is 2.26. The molecule has 2 heterocycles. The zero-order valence-corrected chi connectivity index (χ0v) is 12.4. The molecule has 0 amide bonds. The largest absolute Gasteiger partial charge is 0.378 e. The molecule has 2 nitrogen and oxygen atoms in total. The van der Waals surface area contributed by atoms with Gasteiger partial charge in [-0.1, -0.05) is 6.07 Å². The lowest BCUT2D eigenvalue weighted by Crippen LogP contribution is -2.31. The summed E-state index contributed by atoms with van der Waals surface area (Å²) < 4.78 is 2.33. The molecule has 0 saturated carbocycles. The summed E-state index contributed by atoms with van der Waals surface area (Å²) in [4.78, 5) is 2.14. The zero-order chi connectivity index (χ0) is 14.1. The van der Waals surface area contributed by atoms with E-state index in [4.69, 9.17) is 0 Å². The van der Waals surface area contributed by atoms with Crippen molar-refractivity contribution < 1.29 is 4.57 Å². The van der Waals surface area contributed by atoms with Crippen LogP contribution in [0.15, 0.2) is 42.6 Å². The van der Waals surface area contributed by atoms with E-state index in [1.165, 1.54) is 28.1 Å². The van der Waals surface area contributed by atoms with Gasteiger partial charge in [0, 0.05) is 43.9 Å². The van der Waals surface area contributed by atoms with Gasteiger partial charge >= 0.3 is 0 Å². The molecule has 0 saturated heterocycles. The lowest BCUT2D eigenvalue weighted by atomic mass is 10.0. The third-order valence-corrected chi connectivity index (χ3v) is 3.99. The lowest BCUT2D eigenvalue weighted by Gasteiger charge is -2.14. The summed E-state index contributed by atoms with van der Waals surface area (Å²) in [5.74, 6) is 0. The predicted octanol–water partition coefficient (Wildman–Crippen LogP) is 3.29. The lowest BCUT2D eigenvalue weighted by molar-refractivity contribution is -0.689. The van der Waals surface area contributed by atoms with Gasteiger partial charge in [0.25, 0.3) is 0 Å². The first-order valence-electron chi connectivity index (χ1n) is 7.12. The highest BCUT2D eigenvalue weighted by atomic mass is 15.1. The SMILES string of the molecule is Cc1cc(N(C)C)ccc1C=C1CC[n+]2ccccc21. The van der Waals surface area contributed by atoms with Gasteiger partial charge in [0.15, 0.2) is 12.7 Å². The van der Waals surface area contributed by atoms with Crippen molar-refractivity contribution in [2.75, 3.05) is 19.0 Å². The van der Waals surface area contributed by atoms with Crippen LogP contribution in [0.5, 0.6) is 0 Å².